The van der Waals surface area contributed by atoms with Gasteiger partial charge in [0.05, 0.1) is 26.4 Å². The third kappa shape index (κ3) is 5.52. The average Bonchev–Trinajstić information content (AvgIpc) is 3.26. The molecule has 7 nitrogen and oxygen atoms in total. The van der Waals surface area contributed by atoms with Gasteiger partial charge in [-0.3, -0.25) is 0 Å². The average molecular weight is 392 g/mol. The Morgan fingerprint density at radius 1 is 1.25 bits per heavy atom. The fraction of sp³-hybridized carbons (Fsp3) is 0.667. The highest BCUT2D eigenvalue weighted by Crippen LogP contribution is 2.27. The number of hydrogen-bond acceptors (Lipinski definition) is 5. The van der Waals surface area contributed by atoms with Crippen LogP contribution in [-0.2, 0) is 9.47 Å². The summed E-state index contributed by atoms with van der Waals surface area (Å²) in [6.45, 7) is 8.66. The van der Waals surface area contributed by atoms with Crippen molar-refractivity contribution in [3.63, 3.8) is 0 Å². The van der Waals surface area contributed by atoms with Crippen molar-refractivity contribution in [1.82, 2.24) is 10.2 Å². The van der Waals surface area contributed by atoms with Crippen molar-refractivity contribution in [2.24, 2.45) is 4.99 Å². The molecule has 2 saturated heterocycles. The number of aliphatic imine (C=N–C) groups is 1. The van der Waals surface area contributed by atoms with E-state index in [4.69, 9.17) is 23.9 Å². The highest BCUT2D eigenvalue weighted by atomic mass is 16.5. The lowest BCUT2D eigenvalue weighted by atomic mass is 10.1. The summed E-state index contributed by atoms with van der Waals surface area (Å²) in [6.07, 6.45) is 2.45. The number of nitrogens with one attached hydrogen (secondary N) is 1. The topological polar surface area (TPSA) is 64.6 Å². The Morgan fingerprint density at radius 2 is 2.04 bits per heavy atom. The molecule has 0 spiro atoms. The number of ether oxygens (including phenoxy) is 4. The molecule has 0 bridgehead atoms. The van der Waals surface area contributed by atoms with E-state index in [2.05, 4.69) is 17.1 Å². The van der Waals surface area contributed by atoms with Crippen LogP contribution in [0.3, 0.4) is 0 Å². The summed E-state index contributed by atoms with van der Waals surface area (Å²) in [6, 6.07) is 7.68. The molecule has 0 saturated carbocycles. The van der Waals surface area contributed by atoms with Crippen molar-refractivity contribution in [2.45, 2.75) is 45.0 Å². The number of rotatable bonds is 7. The van der Waals surface area contributed by atoms with E-state index in [1.54, 1.807) is 7.11 Å². The molecule has 3 atom stereocenters. The molecule has 3 unspecified atom stereocenters. The molecular formula is C21H33N3O4. The van der Waals surface area contributed by atoms with Gasteiger partial charge in [-0.25, -0.2) is 4.99 Å². The van der Waals surface area contributed by atoms with Crippen LogP contribution in [0.15, 0.2) is 29.3 Å². The minimum absolute atomic E-state index is 0.0695. The fourth-order valence-corrected chi connectivity index (χ4v) is 3.60. The van der Waals surface area contributed by atoms with Gasteiger partial charge in [0.2, 0.25) is 0 Å². The number of benzene rings is 1. The molecular weight excluding hydrogens is 358 g/mol. The lowest BCUT2D eigenvalue weighted by Crippen LogP contribution is -2.53. The van der Waals surface area contributed by atoms with E-state index in [0.29, 0.717) is 13.2 Å². The van der Waals surface area contributed by atoms with E-state index in [0.717, 1.165) is 56.5 Å². The summed E-state index contributed by atoms with van der Waals surface area (Å²) in [5, 5.41) is 3.40. The highest BCUT2D eigenvalue weighted by molar-refractivity contribution is 5.80. The maximum absolute atomic E-state index is 6.03. The van der Waals surface area contributed by atoms with Gasteiger partial charge in [0.25, 0.3) is 0 Å². The van der Waals surface area contributed by atoms with E-state index >= 15 is 0 Å². The summed E-state index contributed by atoms with van der Waals surface area (Å²) in [5.74, 6) is 2.38. The first kappa shape index (κ1) is 20.7. The number of nitrogens with zero attached hydrogens (tertiary/aromatic N) is 2. The predicted molar refractivity (Wildman–Crippen MR) is 109 cm³/mol. The van der Waals surface area contributed by atoms with E-state index < -0.39 is 0 Å². The van der Waals surface area contributed by atoms with Crippen LogP contribution in [0.4, 0.5) is 0 Å². The fourth-order valence-electron chi connectivity index (χ4n) is 3.60. The molecule has 3 rings (SSSR count). The predicted octanol–water partition coefficient (Wildman–Crippen LogP) is 2.31. The molecule has 0 aromatic heterocycles. The van der Waals surface area contributed by atoms with E-state index in [1.165, 1.54) is 0 Å². The standard InChI is InChI=1S/C21H33N3O4/c1-4-22-21(24-11-13-27-20(15-24)18-10-7-12-26-18)23-14-16(2)28-19-9-6-5-8-17(19)25-3/h5-6,8-9,16,18,20H,4,7,10-15H2,1-3H3,(H,22,23). The van der Waals surface area contributed by atoms with Gasteiger partial charge < -0.3 is 29.2 Å². The van der Waals surface area contributed by atoms with Crippen LogP contribution in [-0.4, -0.2) is 75.7 Å². The van der Waals surface area contributed by atoms with Gasteiger partial charge >= 0.3 is 0 Å². The molecule has 2 aliphatic heterocycles. The van der Waals surface area contributed by atoms with Crippen LogP contribution < -0.4 is 14.8 Å². The Bertz CT molecular complexity index is 634. The molecule has 0 radical (unpaired) electrons. The van der Waals surface area contributed by atoms with Crippen molar-refractivity contribution in [3.8, 4) is 11.5 Å². The van der Waals surface area contributed by atoms with Gasteiger partial charge in [0.15, 0.2) is 17.5 Å². The number of hydrogen-bond donors (Lipinski definition) is 1. The van der Waals surface area contributed by atoms with Crippen molar-refractivity contribution in [2.75, 3.05) is 46.5 Å². The Balaban J connectivity index is 1.59. The largest absolute Gasteiger partial charge is 0.493 e. The van der Waals surface area contributed by atoms with Gasteiger partial charge in [-0.05, 0) is 38.8 Å². The zero-order valence-corrected chi connectivity index (χ0v) is 17.2. The molecule has 1 N–H and O–H groups in total. The molecule has 156 valence electrons. The lowest BCUT2D eigenvalue weighted by Gasteiger charge is -2.37. The third-order valence-electron chi connectivity index (χ3n) is 5.00. The first-order valence-corrected chi connectivity index (χ1v) is 10.3. The van der Waals surface area contributed by atoms with Crippen molar-refractivity contribution >= 4 is 5.96 Å². The Hall–Kier alpha value is -1.99. The first-order valence-electron chi connectivity index (χ1n) is 10.3. The van der Waals surface area contributed by atoms with Crippen molar-refractivity contribution < 1.29 is 18.9 Å². The van der Waals surface area contributed by atoms with Crippen LogP contribution in [0.25, 0.3) is 0 Å². The quantitative estimate of drug-likeness (QED) is 0.568. The SMILES string of the molecule is CCNC(=NCC(C)Oc1ccccc1OC)N1CCOC(C2CCCO2)C1. The number of para-hydroxylation sites is 2. The maximum Gasteiger partial charge on any atom is 0.194 e. The second-order valence-corrected chi connectivity index (χ2v) is 7.18. The summed E-state index contributed by atoms with van der Waals surface area (Å²) in [7, 11) is 1.65. The number of morpholine rings is 1. The van der Waals surface area contributed by atoms with Crippen LogP contribution in [0.1, 0.15) is 26.7 Å². The molecule has 0 aliphatic carbocycles. The van der Waals surface area contributed by atoms with Crippen LogP contribution >= 0.6 is 0 Å². The van der Waals surface area contributed by atoms with Gasteiger partial charge in [0, 0.05) is 26.2 Å². The normalized spacial score (nSPS) is 24.1. The van der Waals surface area contributed by atoms with Gasteiger partial charge in [-0.2, -0.15) is 0 Å². The zero-order valence-electron chi connectivity index (χ0n) is 17.2. The van der Waals surface area contributed by atoms with E-state index in [9.17, 15) is 0 Å². The van der Waals surface area contributed by atoms with Crippen molar-refractivity contribution in [3.05, 3.63) is 24.3 Å². The third-order valence-corrected chi connectivity index (χ3v) is 5.00. The van der Waals surface area contributed by atoms with Gasteiger partial charge in [0.1, 0.15) is 12.2 Å². The molecule has 2 aliphatic rings. The minimum Gasteiger partial charge on any atom is -0.493 e. The van der Waals surface area contributed by atoms with Crippen molar-refractivity contribution in [1.29, 1.82) is 0 Å². The van der Waals surface area contributed by atoms with E-state index in [1.807, 2.05) is 31.2 Å². The first-order chi connectivity index (χ1) is 13.7. The summed E-state index contributed by atoms with van der Waals surface area (Å²) in [4.78, 5) is 7.09. The molecule has 7 heteroatoms. The van der Waals surface area contributed by atoms with E-state index in [-0.39, 0.29) is 18.3 Å². The monoisotopic (exact) mass is 391 g/mol. The zero-order chi connectivity index (χ0) is 19.8. The lowest BCUT2D eigenvalue weighted by molar-refractivity contribution is -0.0817. The van der Waals surface area contributed by atoms with Crippen LogP contribution in [0.5, 0.6) is 11.5 Å². The van der Waals surface area contributed by atoms with Crippen LogP contribution in [0, 0.1) is 0 Å². The number of methoxy groups -OCH3 is 1. The number of guanidine groups is 1. The molecule has 28 heavy (non-hydrogen) atoms. The summed E-state index contributed by atoms with van der Waals surface area (Å²) >= 11 is 0. The maximum atomic E-state index is 6.03. The molecule has 2 heterocycles. The van der Waals surface area contributed by atoms with Gasteiger partial charge in [-0.15, -0.1) is 0 Å². The summed E-state index contributed by atoms with van der Waals surface area (Å²) < 4.78 is 23.2. The second-order valence-electron chi connectivity index (χ2n) is 7.18. The summed E-state index contributed by atoms with van der Waals surface area (Å²) in [5.41, 5.74) is 0. The molecule has 0 amide bonds. The second kappa shape index (κ2) is 10.5. The molecule has 2 fully saturated rings. The smallest absolute Gasteiger partial charge is 0.194 e. The molecule has 1 aromatic carbocycles. The highest BCUT2D eigenvalue weighted by Gasteiger charge is 2.32. The van der Waals surface area contributed by atoms with Crippen LogP contribution in [0.2, 0.25) is 0 Å². The Morgan fingerprint density at radius 3 is 2.75 bits per heavy atom. The molecule has 1 aromatic rings. The Labute approximate surface area is 168 Å². The van der Waals surface area contributed by atoms with Gasteiger partial charge in [-0.1, -0.05) is 12.1 Å². The Kier molecular flexibility index (Phi) is 7.80. The minimum atomic E-state index is -0.0695.